The number of alkyl halides is 2. The van der Waals surface area contributed by atoms with Crippen LogP contribution >= 0.6 is 0 Å². The van der Waals surface area contributed by atoms with Crippen molar-refractivity contribution in [3.05, 3.63) is 64.1 Å². The van der Waals surface area contributed by atoms with Crippen molar-refractivity contribution >= 4 is 22.6 Å². The van der Waals surface area contributed by atoms with Crippen molar-refractivity contribution in [1.29, 1.82) is 5.26 Å². The first kappa shape index (κ1) is 26.3. The Morgan fingerprint density at radius 1 is 1.20 bits per heavy atom. The molecule has 0 unspecified atom stereocenters. The number of rotatable bonds is 7. The smallest absolute Gasteiger partial charge is 0.497 e. The number of methoxy groups -OCH3 is 1. The van der Waals surface area contributed by atoms with Crippen LogP contribution in [-0.4, -0.2) is 35.6 Å². The third kappa shape index (κ3) is 4.73. The molecule has 41 heavy (non-hydrogen) atoms. The molecule has 10 nitrogen and oxygen atoms in total. The van der Waals surface area contributed by atoms with Crippen LogP contribution in [0.15, 0.2) is 51.7 Å². The molecule has 1 fully saturated rings. The molecule has 0 atom stereocenters. The predicted molar refractivity (Wildman–Crippen MR) is 142 cm³/mol. The standard InChI is InChI=1S/C29H24F2N4O6/c1-3-34(19-7-8-22-24(12-19)41-29(30,31)40-22)25(36)15-35-28(37)21-13-23(17-5-4-6-17)39-27(21)26(33-35)18-9-16(14-32)10-20(11-18)38-2/h7-13,17H,3-6,15H2,1-2H3. The second kappa shape index (κ2) is 9.92. The van der Waals surface area contributed by atoms with E-state index in [4.69, 9.17) is 9.15 Å². The number of likely N-dealkylation sites (N-methyl/N-ethyl adjacent to an activating group) is 1. The summed E-state index contributed by atoms with van der Waals surface area (Å²) in [6, 6.07) is 12.7. The van der Waals surface area contributed by atoms with Gasteiger partial charge >= 0.3 is 6.29 Å². The molecular formula is C29H24F2N4O6. The highest BCUT2D eigenvalue weighted by molar-refractivity contribution is 5.94. The number of anilines is 1. The van der Waals surface area contributed by atoms with Gasteiger partial charge in [0.05, 0.1) is 24.1 Å². The van der Waals surface area contributed by atoms with Crippen molar-refractivity contribution in [3.63, 3.8) is 0 Å². The number of carbonyl (C=O) groups excluding carboxylic acids is 1. The van der Waals surface area contributed by atoms with Gasteiger partial charge in [-0.15, -0.1) is 8.78 Å². The maximum Gasteiger partial charge on any atom is 0.586 e. The zero-order valence-electron chi connectivity index (χ0n) is 22.1. The van der Waals surface area contributed by atoms with E-state index in [1.807, 2.05) is 0 Å². The number of amides is 1. The summed E-state index contributed by atoms with van der Waals surface area (Å²) >= 11 is 0. The third-order valence-corrected chi connectivity index (χ3v) is 7.30. The van der Waals surface area contributed by atoms with E-state index in [-0.39, 0.29) is 46.3 Å². The minimum absolute atomic E-state index is 0.146. The van der Waals surface area contributed by atoms with Gasteiger partial charge in [-0.2, -0.15) is 10.4 Å². The first-order chi connectivity index (χ1) is 19.7. The van der Waals surface area contributed by atoms with E-state index in [0.717, 1.165) is 23.9 Å². The van der Waals surface area contributed by atoms with Gasteiger partial charge in [0.2, 0.25) is 5.91 Å². The zero-order valence-corrected chi connectivity index (χ0v) is 22.1. The summed E-state index contributed by atoms with van der Waals surface area (Å²) in [5.74, 6) is 0.423. The molecule has 2 aliphatic rings. The van der Waals surface area contributed by atoms with Crippen molar-refractivity contribution in [3.8, 4) is 34.6 Å². The Kier molecular flexibility index (Phi) is 6.37. The SMILES string of the molecule is CCN(C(=O)Cn1nc(-c2cc(C#N)cc(OC)c2)c2oc(C3CCC3)cc2c1=O)c1ccc2c(c1)OC(F)(F)O2. The highest BCUT2D eigenvalue weighted by Crippen LogP contribution is 2.43. The normalized spacial score (nSPS) is 15.4. The summed E-state index contributed by atoms with van der Waals surface area (Å²) in [6.07, 6.45) is -0.837. The number of benzene rings is 2. The van der Waals surface area contributed by atoms with Gasteiger partial charge in [-0.05, 0) is 56.2 Å². The first-order valence-electron chi connectivity index (χ1n) is 13.0. The summed E-state index contributed by atoms with van der Waals surface area (Å²) < 4.78 is 48.6. The molecule has 1 amide bonds. The van der Waals surface area contributed by atoms with Gasteiger partial charge in [-0.3, -0.25) is 9.59 Å². The molecule has 2 aromatic heterocycles. The number of hydrogen-bond acceptors (Lipinski definition) is 8. The van der Waals surface area contributed by atoms with Crippen LogP contribution in [-0.2, 0) is 11.3 Å². The second-order valence-electron chi connectivity index (χ2n) is 9.83. The lowest BCUT2D eigenvalue weighted by Gasteiger charge is -2.22. The van der Waals surface area contributed by atoms with Crippen molar-refractivity contribution in [2.75, 3.05) is 18.6 Å². The number of aromatic nitrogens is 2. The van der Waals surface area contributed by atoms with Crippen LogP contribution < -0.4 is 24.7 Å². The van der Waals surface area contributed by atoms with E-state index >= 15 is 0 Å². The third-order valence-electron chi connectivity index (χ3n) is 7.30. The molecule has 12 heteroatoms. The number of ether oxygens (including phenoxy) is 3. The molecule has 0 bridgehead atoms. The fraction of sp³-hybridized carbons (Fsp3) is 0.310. The molecule has 0 saturated heterocycles. The van der Waals surface area contributed by atoms with E-state index in [9.17, 15) is 23.6 Å². The van der Waals surface area contributed by atoms with Gasteiger partial charge in [-0.25, -0.2) is 4.68 Å². The van der Waals surface area contributed by atoms with Crippen LogP contribution in [0.2, 0.25) is 0 Å². The Hall–Kier alpha value is -4.92. The number of nitrogens with zero attached hydrogens (tertiary/aromatic N) is 4. The Morgan fingerprint density at radius 2 is 1.98 bits per heavy atom. The van der Waals surface area contributed by atoms with Crippen molar-refractivity contribution in [1.82, 2.24) is 9.78 Å². The maximum atomic E-state index is 13.6. The van der Waals surface area contributed by atoms with Crippen molar-refractivity contribution in [2.45, 2.75) is 44.9 Å². The Bertz CT molecular complexity index is 1790. The van der Waals surface area contributed by atoms with Crippen LogP contribution in [0.3, 0.4) is 0 Å². The fourth-order valence-electron chi connectivity index (χ4n) is 5.03. The maximum absolute atomic E-state index is 13.6. The molecule has 0 N–H and O–H groups in total. The van der Waals surface area contributed by atoms with Crippen LogP contribution in [0.25, 0.3) is 22.2 Å². The van der Waals surface area contributed by atoms with Crippen molar-refractivity contribution < 1.29 is 32.2 Å². The monoisotopic (exact) mass is 562 g/mol. The number of hydrogen-bond donors (Lipinski definition) is 0. The highest BCUT2D eigenvalue weighted by atomic mass is 19.3. The average Bonchev–Trinajstić information content (AvgIpc) is 3.48. The Labute approximate surface area is 232 Å². The predicted octanol–water partition coefficient (Wildman–Crippen LogP) is 5.18. The Morgan fingerprint density at radius 3 is 2.66 bits per heavy atom. The van der Waals surface area contributed by atoms with E-state index in [1.165, 1.54) is 30.2 Å². The molecular weight excluding hydrogens is 538 g/mol. The lowest BCUT2D eigenvalue weighted by molar-refractivity contribution is -0.286. The molecule has 0 spiro atoms. The summed E-state index contributed by atoms with van der Waals surface area (Å²) in [6.45, 7) is 1.44. The molecule has 2 aromatic carbocycles. The van der Waals surface area contributed by atoms with Gasteiger partial charge in [0.25, 0.3) is 5.56 Å². The van der Waals surface area contributed by atoms with Crippen LogP contribution in [0.1, 0.15) is 43.4 Å². The largest absolute Gasteiger partial charge is 0.586 e. The van der Waals surface area contributed by atoms with E-state index in [2.05, 4.69) is 20.6 Å². The molecule has 210 valence electrons. The number of halogens is 2. The quantitative estimate of drug-likeness (QED) is 0.302. The summed E-state index contributed by atoms with van der Waals surface area (Å²) in [5.41, 5.74) is 1.11. The highest BCUT2D eigenvalue weighted by Gasteiger charge is 2.43. The molecule has 1 aliphatic heterocycles. The average molecular weight is 563 g/mol. The molecule has 4 aromatic rings. The lowest BCUT2D eigenvalue weighted by atomic mass is 9.83. The number of nitriles is 1. The molecule has 0 radical (unpaired) electrons. The number of carbonyl (C=O) groups is 1. The van der Waals surface area contributed by atoms with Gasteiger partial charge in [0, 0.05) is 29.8 Å². The lowest BCUT2D eigenvalue weighted by Crippen LogP contribution is -2.37. The molecule has 6 rings (SSSR count). The minimum Gasteiger partial charge on any atom is -0.497 e. The van der Waals surface area contributed by atoms with Gasteiger partial charge in [-0.1, -0.05) is 6.42 Å². The minimum atomic E-state index is -3.79. The number of fused-ring (bicyclic) bond motifs is 2. The van der Waals surface area contributed by atoms with E-state index in [1.54, 1.807) is 31.2 Å². The van der Waals surface area contributed by atoms with E-state index < -0.39 is 24.3 Å². The van der Waals surface area contributed by atoms with Crippen molar-refractivity contribution in [2.24, 2.45) is 0 Å². The topological polar surface area (TPSA) is 120 Å². The van der Waals surface area contributed by atoms with Crippen LogP contribution in [0.5, 0.6) is 17.2 Å². The molecule has 1 aliphatic carbocycles. The Balaban J connectivity index is 1.41. The number of furan rings is 1. The van der Waals surface area contributed by atoms with E-state index in [0.29, 0.717) is 22.6 Å². The summed E-state index contributed by atoms with van der Waals surface area (Å²) in [5, 5.41) is 14.3. The first-order valence-corrected chi connectivity index (χ1v) is 13.0. The zero-order chi connectivity index (χ0) is 28.9. The summed E-state index contributed by atoms with van der Waals surface area (Å²) in [4.78, 5) is 28.4. The molecule has 3 heterocycles. The molecule has 1 saturated carbocycles. The second-order valence-corrected chi connectivity index (χ2v) is 9.83. The van der Waals surface area contributed by atoms with Gasteiger partial charge < -0.3 is 23.5 Å². The van der Waals surface area contributed by atoms with Gasteiger partial charge in [0.1, 0.15) is 23.7 Å². The van der Waals surface area contributed by atoms with Crippen LogP contribution in [0, 0.1) is 11.3 Å². The fourth-order valence-corrected chi connectivity index (χ4v) is 5.03. The van der Waals surface area contributed by atoms with Crippen LogP contribution in [0.4, 0.5) is 14.5 Å². The van der Waals surface area contributed by atoms with Gasteiger partial charge in [0.15, 0.2) is 17.1 Å². The summed E-state index contributed by atoms with van der Waals surface area (Å²) in [7, 11) is 1.47.